The van der Waals surface area contributed by atoms with E-state index < -0.39 is 11.5 Å². The van der Waals surface area contributed by atoms with Gasteiger partial charge in [-0.1, -0.05) is 11.6 Å². The summed E-state index contributed by atoms with van der Waals surface area (Å²) in [7, 11) is 0. The Balaban J connectivity index is 2.28. The number of aliphatic hydroxyl groups is 1. The van der Waals surface area contributed by atoms with Crippen LogP contribution >= 0.6 is 11.6 Å². The lowest BCUT2D eigenvalue weighted by atomic mass is 9.91. The van der Waals surface area contributed by atoms with Crippen molar-refractivity contribution in [3.8, 4) is 0 Å². The number of carbonyl (C=O) groups is 2. The molecule has 1 atom stereocenters. The van der Waals surface area contributed by atoms with Crippen molar-refractivity contribution in [1.82, 2.24) is 4.90 Å². The maximum Gasteiger partial charge on any atom is 0.255 e. The second-order valence-corrected chi connectivity index (χ2v) is 6.05. The number of hydrogen-bond acceptors (Lipinski definition) is 3. The molecular weight excluding hydrogens is 292 g/mol. The molecule has 1 aromatic rings. The first-order valence-electron chi connectivity index (χ1n) is 6.83. The van der Waals surface area contributed by atoms with E-state index in [4.69, 9.17) is 17.3 Å². The highest BCUT2D eigenvalue weighted by atomic mass is 35.5. The van der Waals surface area contributed by atoms with Gasteiger partial charge in [-0.05, 0) is 49.9 Å². The smallest absolute Gasteiger partial charge is 0.255 e. The number of nitrogens with two attached hydrogens (primary N) is 1. The number of likely N-dealkylation sites (tertiary alicyclic amines) is 1. The molecule has 21 heavy (non-hydrogen) atoms. The van der Waals surface area contributed by atoms with Gasteiger partial charge >= 0.3 is 0 Å². The van der Waals surface area contributed by atoms with E-state index in [-0.39, 0.29) is 18.9 Å². The predicted octanol–water partition coefficient (Wildman–Crippen LogP) is 1.41. The van der Waals surface area contributed by atoms with Crippen molar-refractivity contribution in [2.45, 2.75) is 32.3 Å². The molecule has 1 saturated heterocycles. The Morgan fingerprint density at radius 3 is 2.57 bits per heavy atom. The predicted molar refractivity (Wildman–Crippen MR) is 80.2 cm³/mol. The van der Waals surface area contributed by atoms with E-state index in [1.807, 2.05) is 13.8 Å². The van der Waals surface area contributed by atoms with Crippen LogP contribution in [0.1, 0.15) is 34.3 Å². The summed E-state index contributed by atoms with van der Waals surface area (Å²) in [5, 5.41) is 10.6. The Morgan fingerprint density at radius 2 is 1.95 bits per heavy atom. The van der Waals surface area contributed by atoms with Gasteiger partial charge in [0.05, 0.1) is 17.1 Å². The van der Waals surface area contributed by atoms with Crippen LogP contribution in [-0.4, -0.2) is 40.5 Å². The molecule has 1 aliphatic heterocycles. The van der Waals surface area contributed by atoms with Crippen LogP contribution in [0.5, 0.6) is 0 Å². The van der Waals surface area contributed by atoms with Gasteiger partial charge in [0.25, 0.3) is 11.8 Å². The number of primary amides is 1. The lowest BCUT2D eigenvalue weighted by Gasteiger charge is -2.37. The molecular formula is C15H19ClN2O3. The number of benzene rings is 1. The molecule has 6 heteroatoms. The molecule has 0 spiro atoms. The van der Waals surface area contributed by atoms with Crippen molar-refractivity contribution in [1.29, 1.82) is 0 Å². The number of β-amino-alcohol motifs (C(OH)–C–C–N with tert-alkyl or cyclic N) is 1. The molecule has 3 N–H and O–H groups in total. The number of hydrogen-bond donors (Lipinski definition) is 2. The molecule has 114 valence electrons. The minimum Gasteiger partial charge on any atom is -0.378 e. The Labute approximate surface area is 128 Å². The van der Waals surface area contributed by atoms with Crippen molar-refractivity contribution in [2.24, 2.45) is 5.73 Å². The van der Waals surface area contributed by atoms with Crippen molar-refractivity contribution >= 4 is 23.4 Å². The van der Waals surface area contributed by atoms with E-state index in [2.05, 4.69) is 0 Å². The highest BCUT2D eigenvalue weighted by Gasteiger charge is 2.40. The lowest BCUT2D eigenvalue weighted by Crippen LogP contribution is -2.57. The Bertz CT molecular complexity index is 603. The van der Waals surface area contributed by atoms with Crippen LogP contribution in [0.15, 0.2) is 12.1 Å². The van der Waals surface area contributed by atoms with Crippen LogP contribution in [0, 0.1) is 13.8 Å². The zero-order valence-electron chi connectivity index (χ0n) is 12.1. The van der Waals surface area contributed by atoms with E-state index in [0.717, 1.165) is 11.1 Å². The average Bonchev–Trinajstić information content (AvgIpc) is 2.42. The van der Waals surface area contributed by atoms with Crippen LogP contribution in [0.3, 0.4) is 0 Å². The Kier molecular flexibility index (Phi) is 4.25. The molecule has 1 heterocycles. The summed E-state index contributed by atoms with van der Waals surface area (Å²) in [6, 6.07) is 3.48. The van der Waals surface area contributed by atoms with Gasteiger partial charge in [-0.15, -0.1) is 0 Å². The second kappa shape index (κ2) is 5.66. The molecule has 0 radical (unpaired) electrons. The van der Waals surface area contributed by atoms with Gasteiger partial charge in [0, 0.05) is 6.54 Å². The Hall–Kier alpha value is -1.59. The summed E-state index contributed by atoms with van der Waals surface area (Å²) in [6.45, 7) is 4.20. The fraction of sp³-hybridized carbons (Fsp3) is 0.467. The van der Waals surface area contributed by atoms with Crippen molar-refractivity contribution in [3.63, 3.8) is 0 Å². The molecule has 2 amide bonds. The molecule has 0 aromatic heterocycles. The number of aryl methyl sites for hydroxylation is 2. The molecule has 5 nitrogen and oxygen atoms in total. The van der Waals surface area contributed by atoms with Gasteiger partial charge in [-0.2, -0.15) is 0 Å². The molecule has 2 rings (SSSR count). The zero-order chi connectivity index (χ0) is 15.8. The molecule has 1 aromatic carbocycles. The third kappa shape index (κ3) is 3.04. The van der Waals surface area contributed by atoms with Crippen LogP contribution in [0.2, 0.25) is 5.02 Å². The SMILES string of the molecule is Cc1cc(Cl)c(C(=O)N2CCC[C@@](O)(C(N)=O)C2)cc1C. The summed E-state index contributed by atoms with van der Waals surface area (Å²) >= 11 is 6.15. The largest absolute Gasteiger partial charge is 0.378 e. The van der Waals surface area contributed by atoms with Crippen LogP contribution in [0.4, 0.5) is 0 Å². The fourth-order valence-corrected chi connectivity index (χ4v) is 2.82. The van der Waals surface area contributed by atoms with Crippen molar-refractivity contribution in [2.75, 3.05) is 13.1 Å². The van der Waals surface area contributed by atoms with E-state index in [1.54, 1.807) is 12.1 Å². The summed E-state index contributed by atoms with van der Waals surface area (Å²) < 4.78 is 0. The highest BCUT2D eigenvalue weighted by molar-refractivity contribution is 6.34. The first-order valence-corrected chi connectivity index (χ1v) is 7.21. The molecule has 0 bridgehead atoms. The number of halogens is 1. The number of carbonyl (C=O) groups excluding carboxylic acids is 2. The van der Waals surface area contributed by atoms with E-state index in [9.17, 15) is 14.7 Å². The van der Waals surface area contributed by atoms with Gasteiger partial charge in [-0.3, -0.25) is 9.59 Å². The average molecular weight is 311 g/mol. The third-order valence-electron chi connectivity index (χ3n) is 4.03. The minimum atomic E-state index is -1.65. The van der Waals surface area contributed by atoms with Gasteiger partial charge < -0.3 is 15.7 Å². The molecule has 1 aliphatic rings. The van der Waals surface area contributed by atoms with Gasteiger partial charge in [0.1, 0.15) is 0 Å². The summed E-state index contributed by atoms with van der Waals surface area (Å²) in [4.78, 5) is 25.4. The zero-order valence-corrected chi connectivity index (χ0v) is 12.9. The van der Waals surface area contributed by atoms with Gasteiger partial charge in [-0.25, -0.2) is 0 Å². The number of amides is 2. The first-order chi connectivity index (χ1) is 9.74. The van der Waals surface area contributed by atoms with E-state index >= 15 is 0 Å². The highest BCUT2D eigenvalue weighted by Crippen LogP contribution is 2.26. The van der Waals surface area contributed by atoms with Crippen LogP contribution in [-0.2, 0) is 4.79 Å². The first kappa shape index (κ1) is 15.8. The van der Waals surface area contributed by atoms with Crippen LogP contribution in [0.25, 0.3) is 0 Å². The summed E-state index contributed by atoms with van der Waals surface area (Å²) in [5.74, 6) is -1.09. The number of nitrogens with zero attached hydrogens (tertiary/aromatic N) is 1. The standard InChI is InChI=1S/C15H19ClN2O3/c1-9-6-11(12(16)7-10(9)2)13(19)18-5-3-4-15(21,8-18)14(17)20/h6-7,21H,3-5,8H2,1-2H3,(H2,17,20)/t15-/m0/s1. The monoisotopic (exact) mass is 310 g/mol. The minimum absolute atomic E-state index is 0.0928. The number of piperidine rings is 1. The maximum atomic E-state index is 12.6. The molecule has 0 saturated carbocycles. The third-order valence-corrected chi connectivity index (χ3v) is 4.34. The summed E-state index contributed by atoms with van der Waals surface area (Å²) in [5.41, 5.74) is 5.92. The van der Waals surface area contributed by atoms with E-state index in [1.165, 1.54) is 4.90 Å². The van der Waals surface area contributed by atoms with Gasteiger partial charge in [0.15, 0.2) is 5.60 Å². The second-order valence-electron chi connectivity index (χ2n) is 5.64. The van der Waals surface area contributed by atoms with E-state index in [0.29, 0.717) is 23.6 Å². The molecule has 1 fully saturated rings. The summed E-state index contributed by atoms with van der Waals surface area (Å²) in [6.07, 6.45) is 0.792. The molecule has 0 aliphatic carbocycles. The maximum absolute atomic E-state index is 12.6. The van der Waals surface area contributed by atoms with Crippen LogP contribution < -0.4 is 5.73 Å². The fourth-order valence-electron chi connectivity index (χ4n) is 2.53. The lowest BCUT2D eigenvalue weighted by molar-refractivity contribution is -0.140. The normalized spacial score (nSPS) is 22.2. The topological polar surface area (TPSA) is 83.6 Å². The number of rotatable bonds is 2. The van der Waals surface area contributed by atoms with Crippen molar-refractivity contribution in [3.05, 3.63) is 33.8 Å². The van der Waals surface area contributed by atoms with Gasteiger partial charge in [0.2, 0.25) is 0 Å². The molecule has 0 unspecified atom stereocenters. The quantitative estimate of drug-likeness (QED) is 0.866. The Morgan fingerprint density at radius 1 is 1.33 bits per heavy atom. The van der Waals surface area contributed by atoms with Crippen molar-refractivity contribution < 1.29 is 14.7 Å².